The number of ether oxygens (including phenoxy) is 1. The predicted octanol–water partition coefficient (Wildman–Crippen LogP) is 1.26. The molecule has 0 bridgehead atoms. The minimum atomic E-state index is -0.160. The second-order valence-corrected chi connectivity index (χ2v) is 6.87. The van der Waals surface area contributed by atoms with Gasteiger partial charge in [-0.25, -0.2) is 9.97 Å². The molecule has 0 saturated carbocycles. The fourth-order valence-corrected chi connectivity index (χ4v) is 3.43. The van der Waals surface area contributed by atoms with Gasteiger partial charge in [0.25, 0.3) is 11.8 Å². The van der Waals surface area contributed by atoms with E-state index in [-0.39, 0.29) is 17.9 Å². The molecule has 0 aliphatic carbocycles. The van der Waals surface area contributed by atoms with Gasteiger partial charge in [0.1, 0.15) is 17.8 Å². The molecule has 148 valence electrons. The molecule has 1 unspecified atom stereocenters. The van der Waals surface area contributed by atoms with E-state index in [0.29, 0.717) is 50.0 Å². The van der Waals surface area contributed by atoms with Crippen molar-refractivity contribution in [1.82, 2.24) is 19.8 Å². The SMILES string of the molecule is O=C(c1cc(NCC2CCCO2)ncn1)N1CCN(C(=O)c2ccco2)CC1. The molecular weight excluding hydrogens is 362 g/mol. The number of piperazine rings is 1. The Labute approximate surface area is 162 Å². The second-order valence-electron chi connectivity index (χ2n) is 6.87. The summed E-state index contributed by atoms with van der Waals surface area (Å²) >= 11 is 0. The molecule has 4 heterocycles. The summed E-state index contributed by atoms with van der Waals surface area (Å²) in [5, 5.41) is 3.21. The van der Waals surface area contributed by atoms with E-state index in [2.05, 4.69) is 15.3 Å². The molecule has 1 atom stereocenters. The number of carbonyl (C=O) groups excluding carboxylic acids is 2. The first-order valence-electron chi connectivity index (χ1n) is 9.50. The van der Waals surface area contributed by atoms with Gasteiger partial charge in [-0.1, -0.05) is 0 Å². The van der Waals surface area contributed by atoms with E-state index < -0.39 is 0 Å². The van der Waals surface area contributed by atoms with Crippen LogP contribution in [0.3, 0.4) is 0 Å². The molecule has 2 fully saturated rings. The highest BCUT2D eigenvalue weighted by atomic mass is 16.5. The zero-order valence-electron chi connectivity index (χ0n) is 15.5. The molecule has 2 amide bonds. The van der Waals surface area contributed by atoms with Crippen LogP contribution in [0.5, 0.6) is 0 Å². The minimum absolute atomic E-state index is 0.153. The summed E-state index contributed by atoms with van der Waals surface area (Å²) in [5.74, 6) is 0.616. The summed E-state index contributed by atoms with van der Waals surface area (Å²) in [6.45, 7) is 3.29. The molecule has 2 aromatic rings. The third kappa shape index (κ3) is 4.14. The van der Waals surface area contributed by atoms with E-state index in [1.165, 1.54) is 12.6 Å². The van der Waals surface area contributed by atoms with E-state index in [4.69, 9.17) is 9.15 Å². The lowest BCUT2D eigenvalue weighted by atomic mass is 10.2. The number of aromatic nitrogens is 2. The Kier molecular flexibility index (Phi) is 5.52. The van der Waals surface area contributed by atoms with Gasteiger partial charge in [-0.05, 0) is 25.0 Å². The van der Waals surface area contributed by atoms with E-state index >= 15 is 0 Å². The van der Waals surface area contributed by atoms with Crippen molar-refractivity contribution < 1.29 is 18.7 Å². The fraction of sp³-hybridized carbons (Fsp3) is 0.474. The van der Waals surface area contributed by atoms with Gasteiger partial charge in [-0.15, -0.1) is 0 Å². The maximum absolute atomic E-state index is 12.8. The Morgan fingerprint density at radius 2 is 1.93 bits per heavy atom. The number of rotatable bonds is 5. The highest BCUT2D eigenvalue weighted by Gasteiger charge is 2.27. The predicted molar refractivity (Wildman–Crippen MR) is 100 cm³/mol. The van der Waals surface area contributed by atoms with E-state index in [1.54, 1.807) is 28.0 Å². The maximum Gasteiger partial charge on any atom is 0.289 e. The highest BCUT2D eigenvalue weighted by Crippen LogP contribution is 2.15. The van der Waals surface area contributed by atoms with E-state index in [1.807, 2.05) is 0 Å². The molecule has 2 aliphatic heterocycles. The van der Waals surface area contributed by atoms with Crippen LogP contribution in [0.15, 0.2) is 35.2 Å². The van der Waals surface area contributed by atoms with Gasteiger partial charge in [-0.3, -0.25) is 9.59 Å². The lowest BCUT2D eigenvalue weighted by molar-refractivity contribution is 0.0515. The van der Waals surface area contributed by atoms with Gasteiger partial charge in [0.2, 0.25) is 0 Å². The standard InChI is InChI=1S/C19H23N5O4/c25-18(15-11-17(22-13-21-15)20-12-14-3-1-9-27-14)23-5-7-24(8-6-23)19(26)16-4-2-10-28-16/h2,4,10-11,13-14H,1,3,5-9,12H2,(H,20,21,22). The van der Waals surface area contributed by atoms with E-state index in [0.717, 1.165) is 19.4 Å². The molecule has 2 aliphatic rings. The fourth-order valence-electron chi connectivity index (χ4n) is 3.43. The average molecular weight is 385 g/mol. The van der Waals surface area contributed by atoms with Crippen molar-refractivity contribution in [3.8, 4) is 0 Å². The van der Waals surface area contributed by atoms with Crippen LogP contribution < -0.4 is 5.32 Å². The number of hydrogen-bond donors (Lipinski definition) is 1. The summed E-state index contributed by atoms with van der Waals surface area (Å²) in [6, 6.07) is 5.00. The molecule has 28 heavy (non-hydrogen) atoms. The van der Waals surface area contributed by atoms with Gasteiger partial charge in [-0.2, -0.15) is 0 Å². The van der Waals surface area contributed by atoms with Crippen LogP contribution in [0.25, 0.3) is 0 Å². The lowest BCUT2D eigenvalue weighted by Crippen LogP contribution is -2.50. The van der Waals surface area contributed by atoms with Gasteiger partial charge < -0.3 is 24.3 Å². The molecule has 2 saturated heterocycles. The van der Waals surface area contributed by atoms with Crippen LogP contribution in [0, 0.1) is 0 Å². The number of nitrogens with zero attached hydrogens (tertiary/aromatic N) is 4. The van der Waals surface area contributed by atoms with Crippen molar-refractivity contribution in [1.29, 1.82) is 0 Å². The number of nitrogens with one attached hydrogen (secondary N) is 1. The molecule has 0 spiro atoms. The third-order valence-electron chi connectivity index (χ3n) is 5.01. The van der Waals surface area contributed by atoms with Crippen LogP contribution in [0.2, 0.25) is 0 Å². The van der Waals surface area contributed by atoms with Crippen molar-refractivity contribution in [2.24, 2.45) is 0 Å². The third-order valence-corrected chi connectivity index (χ3v) is 5.01. The number of hydrogen-bond acceptors (Lipinski definition) is 7. The van der Waals surface area contributed by atoms with Crippen molar-refractivity contribution in [2.75, 3.05) is 44.6 Å². The summed E-state index contributed by atoms with van der Waals surface area (Å²) in [7, 11) is 0. The first-order chi connectivity index (χ1) is 13.7. The Hall–Kier alpha value is -2.94. The van der Waals surface area contributed by atoms with Crippen LogP contribution in [-0.2, 0) is 4.74 Å². The largest absolute Gasteiger partial charge is 0.459 e. The van der Waals surface area contributed by atoms with Crippen molar-refractivity contribution in [2.45, 2.75) is 18.9 Å². The second kappa shape index (κ2) is 8.39. The topological polar surface area (TPSA) is 101 Å². The molecule has 1 N–H and O–H groups in total. The normalized spacial score (nSPS) is 19.6. The van der Waals surface area contributed by atoms with Gasteiger partial charge >= 0.3 is 0 Å². The Morgan fingerprint density at radius 1 is 1.14 bits per heavy atom. The number of furan rings is 1. The quantitative estimate of drug-likeness (QED) is 0.827. The molecule has 9 heteroatoms. The molecule has 9 nitrogen and oxygen atoms in total. The summed E-state index contributed by atoms with van der Waals surface area (Å²) in [6.07, 6.45) is 5.17. The summed E-state index contributed by atoms with van der Waals surface area (Å²) < 4.78 is 10.7. The van der Waals surface area contributed by atoms with Crippen LogP contribution in [0.4, 0.5) is 5.82 Å². The van der Waals surface area contributed by atoms with E-state index in [9.17, 15) is 9.59 Å². The number of amides is 2. The van der Waals surface area contributed by atoms with Crippen LogP contribution in [-0.4, -0.2) is 77.0 Å². The summed E-state index contributed by atoms with van der Waals surface area (Å²) in [4.78, 5) is 36.8. The zero-order chi connectivity index (χ0) is 19.3. The number of anilines is 1. The first-order valence-corrected chi connectivity index (χ1v) is 9.50. The van der Waals surface area contributed by atoms with Crippen molar-refractivity contribution in [3.05, 3.63) is 42.2 Å². The van der Waals surface area contributed by atoms with Crippen LogP contribution in [0.1, 0.15) is 33.9 Å². The monoisotopic (exact) mass is 385 g/mol. The van der Waals surface area contributed by atoms with Crippen molar-refractivity contribution >= 4 is 17.6 Å². The zero-order valence-corrected chi connectivity index (χ0v) is 15.5. The van der Waals surface area contributed by atoms with Crippen LogP contribution >= 0.6 is 0 Å². The minimum Gasteiger partial charge on any atom is -0.459 e. The van der Waals surface area contributed by atoms with Crippen molar-refractivity contribution in [3.63, 3.8) is 0 Å². The molecule has 4 rings (SSSR count). The first kappa shape index (κ1) is 18.4. The lowest BCUT2D eigenvalue weighted by Gasteiger charge is -2.34. The molecular formula is C19H23N5O4. The highest BCUT2D eigenvalue weighted by molar-refractivity contribution is 5.94. The summed E-state index contributed by atoms with van der Waals surface area (Å²) in [5.41, 5.74) is 0.343. The number of carbonyl (C=O) groups is 2. The Balaban J connectivity index is 1.32. The van der Waals surface area contributed by atoms with Gasteiger partial charge in [0.15, 0.2) is 5.76 Å². The van der Waals surface area contributed by atoms with Gasteiger partial charge in [0, 0.05) is 45.4 Å². The molecule has 0 radical (unpaired) electrons. The Bertz CT molecular complexity index is 811. The maximum atomic E-state index is 12.8. The smallest absolute Gasteiger partial charge is 0.289 e. The van der Waals surface area contributed by atoms with Gasteiger partial charge in [0.05, 0.1) is 12.4 Å². The molecule has 2 aromatic heterocycles. The average Bonchev–Trinajstić information content (AvgIpc) is 3.46. The Morgan fingerprint density at radius 3 is 2.61 bits per heavy atom. The molecule has 0 aromatic carbocycles.